The number of methoxy groups -OCH3 is 1. The first kappa shape index (κ1) is 24.0. The summed E-state index contributed by atoms with van der Waals surface area (Å²) in [4.78, 5) is 37.0. The molecule has 0 radical (unpaired) electrons. The van der Waals surface area contributed by atoms with Gasteiger partial charge in [0.2, 0.25) is 0 Å². The zero-order valence-corrected chi connectivity index (χ0v) is 19.5. The van der Waals surface area contributed by atoms with Gasteiger partial charge in [0.15, 0.2) is 5.82 Å². The number of aromatic nitrogens is 2. The van der Waals surface area contributed by atoms with Gasteiger partial charge >= 0.3 is 12.1 Å². The van der Waals surface area contributed by atoms with Crippen LogP contribution in [0.5, 0.6) is 0 Å². The summed E-state index contributed by atoms with van der Waals surface area (Å²) in [5.74, 6) is -2.19. The number of alkyl carbamates (subject to hydrolysis) is 1. The second-order valence-electron chi connectivity index (χ2n) is 8.25. The molecule has 182 valence electrons. The second-order valence-corrected chi connectivity index (χ2v) is 8.25. The highest BCUT2D eigenvalue weighted by Crippen LogP contribution is 2.44. The van der Waals surface area contributed by atoms with Crippen molar-refractivity contribution in [2.24, 2.45) is 7.05 Å². The Morgan fingerprint density at radius 2 is 1.69 bits per heavy atom. The monoisotopic (exact) mass is 478 g/mol. The van der Waals surface area contributed by atoms with Gasteiger partial charge in [0.25, 0.3) is 5.91 Å². The van der Waals surface area contributed by atoms with Gasteiger partial charge in [-0.3, -0.25) is 9.48 Å². The molecule has 1 heterocycles. The zero-order chi connectivity index (χ0) is 25.1. The molecular formula is C25H26N4O6. The number of fused-ring (bicyclic) bond motifs is 3. The summed E-state index contributed by atoms with van der Waals surface area (Å²) in [6, 6.07) is 14.8. The Labute approximate surface area is 201 Å². The van der Waals surface area contributed by atoms with Crippen LogP contribution in [-0.2, 0) is 21.3 Å². The zero-order valence-electron chi connectivity index (χ0n) is 19.5. The van der Waals surface area contributed by atoms with E-state index in [0.717, 1.165) is 22.3 Å². The number of hydrogen-bond donors (Lipinski definition) is 3. The maximum atomic E-state index is 12.9. The largest absolute Gasteiger partial charge is 0.477 e. The van der Waals surface area contributed by atoms with Crippen LogP contribution in [0.15, 0.2) is 54.7 Å². The summed E-state index contributed by atoms with van der Waals surface area (Å²) < 4.78 is 12.1. The van der Waals surface area contributed by atoms with Gasteiger partial charge in [-0.05, 0) is 29.2 Å². The molecule has 4 rings (SSSR count). The average Bonchev–Trinajstić information content (AvgIpc) is 3.38. The van der Waals surface area contributed by atoms with Crippen LogP contribution < -0.4 is 10.6 Å². The molecular weight excluding hydrogens is 452 g/mol. The Morgan fingerprint density at radius 1 is 1.09 bits per heavy atom. The molecule has 2 aromatic carbocycles. The van der Waals surface area contributed by atoms with Gasteiger partial charge in [-0.15, -0.1) is 0 Å². The summed E-state index contributed by atoms with van der Waals surface area (Å²) in [5, 5.41) is 18.3. The molecule has 3 N–H and O–H groups in total. The topological polar surface area (TPSA) is 132 Å². The van der Waals surface area contributed by atoms with E-state index in [9.17, 15) is 19.5 Å². The highest BCUT2D eigenvalue weighted by Gasteiger charge is 2.32. The predicted octanol–water partition coefficient (Wildman–Crippen LogP) is 3.00. The van der Waals surface area contributed by atoms with E-state index in [0.29, 0.717) is 0 Å². The average molecular weight is 479 g/mol. The summed E-state index contributed by atoms with van der Waals surface area (Å²) in [6.07, 6.45) is -0.256. The summed E-state index contributed by atoms with van der Waals surface area (Å²) in [6.45, 7) is 1.68. The molecule has 0 fully saturated rings. The number of rotatable bonds is 8. The van der Waals surface area contributed by atoms with E-state index in [1.54, 1.807) is 6.92 Å². The van der Waals surface area contributed by atoms with E-state index in [4.69, 9.17) is 9.47 Å². The van der Waals surface area contributed by atoms with Gasteiger partial charge in [-0.1, -0.05) is 48.5 Å². The molecule has 3 aromatic rings. The van der Waals surface area contributed by atoms with Gasteiger partial charge in [0.1, 0.15) is 18.2 Å². The first-order valence-corrected chi connectivity index (χ1v) is 11.0. The third-order valence-electron chi connectivity index (χ3n) is 6.04. The molecule has 0 bridgehead atoms. The third-order valence-corrected chi connectivity index (χ3v) is 6.04. The van der Waals surface area contributed by atoms with E-state index >= 15 is 0 Å². The number of aryl methyl sites for hydroxylation is 1. The van der Waals surface area contributed by atoms with Crippen LogP contribution >= 0.6 is 0 Å². The summed E-state index contributed by atoms with van der Waals surface area (Å²) >= 11 is 0. The highest BCUT2D eigenvalue weighted by molar-refractivity contribution is 6.02. The number of ether oxygens (including phenoxy) is 2. The van der Waals surface area contributed by atoms with Crippen LogP contribution in [0.4, 0.5) is 10.6 Å². The Morgan fingerprint density at radius 3 is 2.26 bits per heavy atom. The second kappa shape index (κ2) is 9.98. The van der Waals surface area contributed by atoms with Crippen LogP contribution in [0.25, 0.3) is 11.1 Å². The fourth-order valence-electron chi connectivity index (χ4n) is 4.23. The lowest BCUT2D eigenvalue weighted by Crippen LogP contribution is -2.51. The number of nitrogens with zero attached hydrogens (tertiary/aromatic N) is 2. The summed E-state index contributed by atoms with van der Waals surface area (Å²) in [7, 11) is 2.93. The highest BCUT2D eigenvalue weighted by atomic mass is 16.5. The number of carbonyl (C=O) groups excluding carboxylic acids is 2. The van der Waals surface area contributed by atoms with Crippen LogP contribution in [0, 0.1) is 0 Å². The molecule has 2 amide bonds. The molecule has 35 heavy (non-hydrogen) atoms. The van der Waals surface area contributed by atoms with E-state index in [1.165, 1.54) is 25.0 Å². The fraction of sp³-hybridized carbons (Fsp3) is 0.280. The number of nitrogens with one attached hydrogen (secondary N) is 2. The van der Waals surface area contributed by atoms with Crippen molar-refractivity contribution in [1.29, 1.82) is 0 Å². The minimum atomic E-state index is -1.24. The van der Waals surface area contributed by atoms with Crippen LogP contribution in [-0.4, -0.2) is 58.7 Å². The SMILES string of the molecule is COC(C)C(NC(=O)OCC1c2ccccc2-c2ccccc21)C(=O)Nc1nn(C)cc1C(=O)O. The molecule has 1 aromatic heterocycles. The Hall–Kier alpha value is -4.18. The molecule has 10 nitrogen and oxygen atoms in total. The first-order valence-electron chi connectivity index (χ1n) is 11.0. The van der Waals surface area contributed by atoms with Gasteiger partial charge in [0, 0.05) is 26.3 Å². The third kappa shape index (κ3) is 4.87. The van der Waals surface area contributed by atoms with Crippen molar-refractivity contribution in [2.45, 2.75) is 25.0 Å². The number of anilines is 1. The van der Waals surface area contributed by atoms with Crippen molar-refractivity contribution in [1.82, 2.24) is 15.1 Å². The van der Waals surface area contributed by atoms with Crippen molar-refractivity contribution in [3.05, 3.63) is 71.4 Å². The molecule has 0 saturated carbocycles. The number of hydrogen-bond acceptors (Lipinski definition) is 6. The van der Waals surface area contributed by atoms with Crippen LogP contribution in [0.2, 0.25) is 0 Å². The van der Waals surface area contributed by atoms with Crippen molar-refractivity contribution >= 4 is 23.8 Å². The van der Waals surface area contributed by atoms with Gasteiger partial charge in [-0.25, -0.2) is 9.59 Å². The number of benzene rings is 2. The maximum Gasteiger partial charge on any atom is 0.407 e. The molecule has 0 aliphatic heterocycles. The van der Waals surface area contributed by atoms with Crippen LogP contribution in [0.3, 0.4) is 0 Å². The molecule has 0 saturated heterocycles. The number of amides is 2. The number of carbonyl (C=O) groups is 3. The Bertz CT molecular complexity index is 1220. The van der Waals surface area contributed by atoms with E-state index in [-0.39, 0.29) is 23.9 Å². The summed E-state index contributed by atoms with van der Waals surface area (Å²) in [5.41, 5.74) is 4.17. The quantitative estimate of drug-likeness (QED) is 0.453. The van der Waals surface area contributed by atoms with Crippen molar-refractivity contribution in [2.75, 3.05) is 19.0 Å². The minimum absolute atomic E-state index is 0.0823. The molecule has 2 atom stereocenters. The smallest absolute Gasteiger partial charge is 0.407 e. The normalized spacial score (nSPS) is 13.9. The molecule has 2 unspecified atom stereocenters. The van der Waals surface area contributed by atoms with E-state index in [2.05, 4.69) is 15.7 Å². The standard InChI is InChI=1S/C25H26N4O6/c1-14(34-3)21(23(30)27-22-19(24(31)32)12-29(2)28-22)26-25(33)35-13-20-17-10-6-4-8-15(17)16-9-5-7-11-18(16)20/h4-12,14,20-21H,13H2,1-3H3,(H,26,33)(H,31,32)(H,27,28,30). The maximum absolute atomic E-state index is 12.9. The number of carboxylic acids is 1. The van der Waals surface area contributed by atoms with Crippen LogP contribution in [0.1, 0.15) is 34.3 Å². The molecule has 1 aliphatic carbocycles. The number of carboxylic acid groups (broad SMARTS) is 1. The molecule has 10 heteroatoms. The number of aromatic carboxylic acids is 1. The first-order chi connectivity index (χ1) is 16.8. The Kier molecular flexibility index (Phi) is 6.83. The van der Waals surface area contributed by atoms with Crippen molar-refractivity contribution in [3.63, 3.8) is 0 Å². The predicted molar refractivity (Wildman–Crippen MR) is 127 cm³/mol. The van der Waals surface area contributed by atoms with Crippen molar-refractivity contribution in [3.8, 4) is 11.1 Å². The van der Waals surface area contributed by atoms with Gasteiger partial charge < -0.3 is 25.2 Å². The lowest BCUT2D eigenvalue weighted by molar-refractivity contribution is -0.121. The van der Waals surface area contributed by atoms with Crippen molar-refractivity contribution < 1.29 is 29.0 Å². The molecule has 0 spiro atoms. The lowest BCUT2D eigenvalue weighted by Gasteiger charge is -2.23. The Balaban J connectivity index is 1.45. The minimum Gasteiger partial charge on any atom is -0.477 e. The fourth-order valence-corrected chi connectivity index (χ4v) is 4.23. The lowest BCUT2D eigenvalue weighted by atomic mass is 9.98. The van der Waals surface area contributed by atoms with E-state index in [1.807, 2.05) is 48.5 Å². The van der Waals surface area contributed by atoms with Gasteiger partial charge in [-0.2, -0.15) is 5.10 Å². The van der Waals surface area contributed by atoms with E-state index < -0.39 is 30.1 Å². The van der Waals surface area contributed by atoms with Gasteiger partial charge in [0.05, 0.1) is 6.10 Å². The molecule has 1 aliphatic rings.